The quantitative estimate of drug-likeness (QED) is 0.333. The van der Waals surface area contributed by atoms with E-state index in [0.717, 1.165) is 30.7 Å². The highest BCUT2D eigenvalue weighted by Gasteiger charge is 2.40. The first-order valence-corrected chi connectivity index (χ1v) is 6.83. The van der Waals surface area contributed by atoms with Crippen molar-refractivity contribution in [3.8, 4) is 0 Å². The maximum absolute atomic E-state index is 8.79. The fourth-order valence-corrected chi connectivity index (χ4v) is 3.91. The highest BCUT2D eigenvalue weighted by atomic mass is 16.4. The summed E-state index contributed by atoms with van der Waals surface area (Å²) in [5.74, 6) is 3.10. The minimum absolute atomic E-state index is 0.0825. The van der Waals surface area contributed by atoms with Crippen LogP contribution in [0.4, 0.5) is 0 Å². The van der Waals surface area contributed by atoms with E-state index < -0.39 is 0 Å². The van der Waals surface area contributed by atoms with E-state index in [4.69, 9.17) is 10.9 Å². The number of oxime groups is 1. The normalized spacial score (nSPS) is 34.5. The molecule has 4 heteroatoms. The van der Waals surface area contributed by atoms with E-state index in [1.807, 2.05) is 0 Å². The number of nitrogens with zero attached hydrogens (tertiary/aromatic N) is 2. The van der Waals surface area contributed by atoms with E-state index in [-0.39, 0.29) is 6.04 Å². The van der Waals surface area contributed by atoms with Gasteiger partial charge in [-0.3, -0.25) is 4.90 Å². The number of amidine groups is 1. The molecule has 2 saturated carbocycles. The largest absolute Gasteiger partial charge is 0.409 e. The van der Waals surface area contributed by atoms with Crippen molar-refractivity contribution in [3.05, 3.63) is 0 Å². The Hall–Kier alpha value is -0.770. The molecule has 4 unspecified atom stereocenters. The van der Waals surface area contributed by atoms with Gasteiger partial charge in [-0.15, -0.1) is 0 Å². The van der Waals surface area contributed by atoms with Gasteiger partial charge in [0, 0.05) is 6.54 Å². The smallest absolute Gasteiger partial charge is 0.156 e. The lowest BCUT2D eigenvalue weighted by Crippen LogP contribution is -2.44. The molecule has 2 aliphatic rings. The molecule has 0 aromatic heterocycles. The number of hydrogen-bond acceptors (Lipinski definition) is 3. The number of likely N-dealkylation sites (N-methyl/N-ethyl adjacent to an activating group) is 1. The lowest BCUT2D eigenvalue weighted by atomic mass is 9.88. The minimum Gasteiger partial charge on any atom is -0.409 e. The first-order valence-electron chi connectivity index (χ1n) is 6.83. The summed E-state index contributed by atoms with van der Waals surface area (Å²) < 4.78 is 0. The highest BCUT2D eigenvalue weighted by molar-refractivity contribution is 5.85. The fourth-order valence-electron chi connectivity index (χ4n) is 3.91. The first kappa shape index (κ1) is 12.7. The molecule has 0 aromatic carbocycles. The van der Waals surface area contributed by atoms with Crippen LogP contribution in [-0.4, -0.2) is 35.6 Å². The summed E-state index contributed by atoms with van der Waals surface area (Å²) in [5, 5.41) is 11.9. The second kappa shape index (κ2) is 5.25. The molecule has 0 amide bonds. The van der Waals surface area contributed by atoms with Gasteiger partial charge in [0.25, 0.3) is 0 Å². The number of hydrogen-bond donors (Lipinski definition) is 2. The third-order valence-corrected chi connectivity index (χ3v) is 4.78. The molecule has 2 aliphatic carbocycles. The van der Waals surface area contributed by atoms with Crippen LogP contribution in [0.2, 0.25) is 0 Å². The van der Waals surface area contributed by atoms with Crippen LogP contribution in [0.25, 0.3) is 0 Å². The molecule has 0 heterocycles. The zero-order valence-corrected chi connectivity index (χ0v) is 11.0. The predicted octanol–water partition coefficient (Wildman–Crippen LogP) is 1.88. The summed E-state index contributed by atoms with van der Waals surface area (Å²) in [6.45, 7) is 3.18. The topological polar surface area (TPSA) is 61.9 Å². The Morgan fingerprint density at radius 3 is 2.71 bits per heavy atom. The maximum Gasteiger partial charge on any atom is 0.156 e. The second-order valence-electron chi connectivity index (χ2n) is 5.82. The van der Waals surface area contributed by atoms with Crippen molar-refractivity contribution in [1.29, 1.82) is 0 Å². The van der Waals surface area contributed by atoms with Crippen LogP contribution >= 0.6 is 0 Å². The molecule has 0 saturated heterocycles. The lowest BCUT2D eigenvalue weighted by Gasteiger charge is -2.31. The Morgan fingerprint density at radius 1 is 1.47 bits per heavy atom. The molecule has 0 spiro atoms. The number of nitrogens with two attached hydrogens (primary N) is 1. The molecule has 2 fully saturated rings. The Balaban J connectivity index is 1.89. The van der Waals surface area contributed by atoms with Crippen molar-refractivity contribution in [1.82, 2.24) is 4.90 Å². The van der Waals surface area contributed by atoms with Crippen LogP contribution in [0.15, 0.2) is 5.16 Å². The Bertz CT molecular complexity index is 292. The van der Waals surface area contributed by atoms with Crippen molar-refractivity contribution < 1.29 is 5.21 Å². The first-order chi connectivity index (χ1) is 8.15. The van der Waals surface area contributed by atoms with Gasteiger partial charge >= 0.3 is 0 Å². The van der Waals surface area contributed by atoms with Crippen LogP contribution in [0.1, 0.15) is 39.0 Å². The van der Waals surface area contributed by atoms with E-state index in [1.165, 1.54) is 25.7 Å². The van der Waals surface area contributed by atoms with Gasteiger partial charge in [-0.1, -0.05) is 18.5 Å². The second-order valence-corrected chi connectivity index (χ2v) is 5.82. The van der Waals surface area contributed by atoms with E-state index >= 15 is 0 Å². The summed E-state index contributed by atoms with van der Waals surface area (Å²) in [6.07, 6.45) is 6.60. The Labute approximate surface area is 104 Å². The van der Waals surface area contributed by atoms with Crippen molar-refractivity contribution in [3.63, 3.8) is 0 Å². The van der Waals surface area contributed by atoms with Crippen LogP contribution in [-0.2, 0) is 0 Å². The maximum atomic E-state index is 8.79. The molecule has 2 bridgehead atoms. The standard InChI is InChI=1S/C13H25N3O/c1-3-12(13(14)15-17)16(2)8-11-7-9-4-5-10(11)6-9/h9-12,17H,3-8H2,1-2H3,(H2,14,15). The van der Waals surface area contributed by atoms with E-state index in [9.17, 15) is 0 Å². The van der Waals surface area contributed by atoms with Gasteiger partial charge in [0.1, 0.15) is 0 Å². The molecule has 4 atom stereocenters. The summed E-state index contributed by atoms with van der Waals surface area (Å²) in [7, 11) is 2.10. The van der Waals surface area contributed by atoms with Crippen LogP contribution in [0, 0.1) is 17.8 Å². The fraction of sp³-hybridized carbons (Fsp3) is 0.923. The van der Waals surface area contributed by atoms with Gasteiger partial charge < -0.3 is 10.9 Å². The van der Waals surface area contributed by atoms with Gasteiger partial charge in [0.05, 0.1) is 6.04 Å². The third-order valence-electron chi connectivity index (χ3n) is 4.78. The highest BCUT2D eigenvalue weighted by Crippen LogP contribution is 2.48. The zero-order valence-electron chi connectivity index (χ0n) is 11.0. The molecule has 98 valence electrons. The molecule has 0 radical (unpaired) electrons. The Morgan fingerprint density at radius 2 is 2.24 bits per heavy atom. The molecule has 4 nitrogen and oxygen atoms in total. The molecule has 0 aromatic rings. The van der Waals surface area contributed by atoms with Gasteiger partial charge in [-0.2, -0.15) is 0 Å². The lowest BCUT2D eigenvalue weighted by molar-refractivity contribution is 0.195. The molecular formula is C13H25N3O. The van der Waals surface area contributed by atoms with Crippen molar-refractivity contribution >= 4 is 5.84 Å². The van der Waals surface area contributed by atoms with Gasteiger partial charge in [0.2, 0.25) is 0 Å². The summed E-state index contributed by atoms with van der Waals surface area (Å²) >= 11 is 0. The SMILES string of the molecule is CCC(/C(N)=N/O)N(C)CC1CC2CCC1C2. The number of fused-ring (bicyclic) bond motifs is 2. The molecule has 17 heavy (non-hydrogen) atoms. The molecule has 0 aliphatic heterocycles. The minimum atomic E-state index is 0.0825. The van der Waals surface area contributed by atoms with E-state index in [2.05, 4.69) is 24.0 Å². The average molecular weight is 239 g/mol. The van der Waals surface area contributed by atoms with Gasteiger partial charge in [-0.05, 0) is 50.5 Å². The Kier molecular flexibility index (Phi) is 3.92. The van der Waals surface area contributed by atoms with E-state index in [1.54, 1.807) is 0 Å². The molecule has 3 N–H and O–H groups in total. The molecule has 2 rings (SSSR count). The van der Waals surface area contributed by atoms with Gasteiger partial charge in [-0.25, -0.2) is 0 Å². The molecular weight excluding hydrogens is 214 g/mol. The summed E-state index contributed by atoms with van der Waals surface area (Å²) in [4.78, 5) is 2.26. The summed E-state index contributed by atoms with van der Waals surface area (Å²) in [5.41, 5.74) is 5.74. The predicted molar refractivity (Wildman–Crippen MR) is 69.1 cm³/mol. The average Bonchev–Trinajstić information content (AvgIpc) is 2.91. The van der Waals surface area contributed by atoms with Crippen LogP contribution < -0.4 is 5.73 Å². The van der Waals surface area contributed by atoms with Crippen molar-refractivity contribution in [2.75, 3.05) is 13.6 Å². The monoisotopic (exact) mass is 239 g/mol. The van der Waals surface area contributed by atoms with Crippen LogP contribution in [0.3, 0.4) is 0 Å². The summed E-state index contributed by atoms with van der Waals surface area (Å²) in [6, 6.07) is 0.0825. The van der Waals surface area contributed by atoms with Crippen molar-refractivity contribution in [2.45, 2.75) is 45.1 Å². The van der Waals surface area contributed by atoms with Crippen LogP contribution in [0.5, 0.6) is 0 Å². The van der Waals surface area contributed by atoms with Crippen molar-refractivity contribution in [2.24, 2.45) is 28.6 Å². The number of rotatable bonds is 5. The zero-order chi connectivity index (χ0) is 12.4. The third kappa shape index (κ3) is 2.57. The van der Waals surface area contributed by atoms with E-state index in [0.29, 0.717) is 5.84 Å². The van der Waals surface area contributed by atoms with Gasteiger partial charge in [0.15, 0.2) is 5.84 Å².